The van der Waals surface area contributed by atoms with Crippen LogP contribution in [0.4, 0.5) is 4.39 Å². The van der Waals surface area contributed by atoms with E-state index >= 15 is 0 Å². The minimum absolute atomic E-state index is 0.0674. The molecule has 5 rings (SSSR count). The molecule has 2 aliphatic rings. The van der Waals surface area contributed by atoms with Crippen LogP contribution in [0.3, 0.4) is 0 Å². The van der Waals surface area contributed by atoms with E-state index in [4.69, 9.17) is 28.3 Å². The number of carbonyl (C=O) groups excluding carboxylic acids is 1. The Labute approximate surface area is 206 Å². The van der Waals surface area contributed by atoms with Gasteiger partial charge in [0.25, 0.3) is 5.91 Å². The highest BCUT2D eigenvalue weighted by Gasteiger charge is 2.31. The number of hydrogen-bond donors (Lipinski definition) is 1. The summed E-state index contributed by atoms with van der Waals surface area (Å²) < 4.78 is 19.6. The van der Waals surface area contributed by atoms with Crippen molar-refractivity contribution in [2.45, 2.75) is 50.4 Å². The van der Waals surface area contributed by atoms with E-state index in [-0.39, 0.29) is 23.6 Å². The largest absolute Gasteiger partial charge is 0.296 e. The Kier molecular flexibility index (Phi) is 6.33. The molecule has 5 nitrogen and oxygen atoms in total. The fraction of sp³-hybridized carbons (Fsp3) is 0.417. The number of amides is 1. The predicted octanol–water partition coefficient (Wildman–Crippen LogP) is 6.34. The van der Waals surface area contributed by atoms with E-state index in [1.165, 1.54) is 18.0 Å². The van der Waals surface area contributed by atoms with Gasteiger partial charge in [0.15, 0.2) is 0 Å². The van der Waals surface area contributed by atoms with Gasteiger partial charge in [0.2, 0.25) is 0 Å². The summed E-state index contributed by atoms with van der Waals surface area (Å²) in [7, 11) is 0. The number of likely N-dealkylation sites (tertiary alicyclic amines) is 1. The first-order valence-electron chi connectivity index (χ1n) is 11.1. The van der Waals surface area contributed by atoms with E-state index in [0.29, 0.717) is 15.3 Å². The fourth-order valence-electron chi connectivity index (χ4n) is 4.49. The molecule has 0 bridgehead atoms. The number of hydrogen-bond acceptors (Lipinski definition) is 4. The zero-order chi connectivity index (χ0) is 23.3. The van der Waals surface area contributed by atoms with Gasteiger partial charge < -0.3 is 0 Å². The highest BCUT2D eigenvalue weighted by Crippen LogP contribution is 2.35. The van der Waals surface area contributed by atoms with Crippen molar-refractivity contribution >= 4 is 52.0 Å². The Hall–Kier alpha value is -1.80. The van der Waals surface area contributed by atoms with E-state index < -0.39 is 5.82 Å². The van der Waals surface area contributed by atoms with Crippen LogP contribution in [-0.4, -0.2) is 38.9 Å². The van der Waals surface area contributed by atoms with Gasteiger partial charge in [-0.1, -0.05) is 23.2 Å². The van der Waals surface area contributed by atoms with Gasteiger partial charge in [0.05, 0.1) is 22.8 Å². The minimum Gasteiger partial charge on any atom is -0.296 e. The van der Waals surface area contributed by atoms with Crippen molar-refractivity contribution in [3.8, 4) is 0 Å². The Bertz CT molecular complexity index is 1210. The molecule has 33 heavy (non-hydrogen) atoms. The number of halogens is 3. The average Bonchev–Trinajstić information content (AvgIpc) is 3.38. The van der Waals surface area contributed by atoms with Crippen molar-refractivity contribution in [3.63, 3.8) is 0 Å². The van der Waals surface area contributed by atoms with Crippen LogP contribution >= 0.6 is 35.1 Å². The second-order valence-corrected chi connectivity index (χ2v) is 10.9. The molecule has 1 aromatic heterocycles. The molecule has 1 aliphatic heterocycles. The number of aryl methyl sites for hydroxylation is 1. The average molecular weight is 507 g/mol. The molecular formula is C24H25Cl2FN4OS. The smallest absolute Gasteiger partial charge is 0.264 e. The van der Waals surface area contributed by atoms with Crippen molar-refractivity contribution in [1.82, 2.24) is 19.4 Å². The Balaban J connectivity index is 1.37. The summed E-state index contributed by atoms with van der Waals surface area (Å²) in [5, 5.41) is 7.26. The number of nitrogens with one attached hydrogen (secondary N) is 1. The van der Waals surface area contributed by atoms with E-state index in [0.717, 1.165) is 54.5 Å². The van der Waals surface area contributed by atoms with Crippen molar-refractivity contribution in [3.05, 3.63) is 63.0 Å². The summed E-state index contributed by atoms with van der Waals surface area (Å²) in [6.07, 6.45) is 3.09. The van der Waals surface area contributed by atoms with Gasteiger partial charge in [-0.15, -0.1) is 0 Å². The summed E-state index contributed by atoms with van der Waals surface area (Å²) in [4.78, 5) is 14.9. The van der Waals surface area contributed by atoms with Gasteiger partial charge in [-0.2, -0.15) is 5.10 Å². The van der Waals surface area contributed by atoms with Crippen LogP contribution in [0, 0.1) is 12.7 Å². The van der Waals surface area contributed by atoms with Gasteiger partial charge >= 0.3 is 0 Å². The Morgan fingerprint density at radius 1 is 1.18 bits per heavy atom. The number of rotatable bonds is 6. The topological polar surface area (TPSA) is 50.2 Å². The lowest BCUT2D eigenvalue weighted by Crippen LogP contribution is -2.25. The highest BCUT2D eigenvalue weighted by molar-refractivity contribution is 7.98. The van der Waals surface area contributed by atoms with E-state index in [2.05, 4.69) is 16.5 Å². The summed E-state index contributed by atoms with van der Waals surface area (Å²) in [5.74, 6) is -0.908. The zero-order valence-corrected chi connectivity index (χ0v) is 20.8. The number of fused-ring (bicyclic) bond motifs is 1. The second kappa shape index (κ2) is 9.10. The summed E-state index contributed by atoms with van der Waals surface area (Å²) in [5.41, 5.74) is 2.65. The number of aromatic nitrogens is 2. The first kappa shape index (κ1) is 23.0. The van der Waals surface area contributed by atoms with Gasteiger partial charge in [0.1, 0.15) is 5.82 Å². The van der Waals surface area contributed by atoms with Crippen LogP contribution in [0.5, 0.6) is 0 Å². The number of carbonyl (C=O) groups is 1. The van der Waals surface area contributed by atoms with Gasteiger partial charge in [-0.3, -0.25) is 19.1 Å². The molecule has 0 spiro atoms. The maximum atomic E-state index is 14.9. The third-order valence-electron chi connectivity index (χ3n) is 6.52. The highest BCUT2D eigenvalue weighted by atomic mass is 35.5. The molecule has 9 heteroatoms. The molecule has 2 heterocycles. The van der Waals surface area contributed by atoms with Crippen LogP contribution in [0.2, 0.25) is 10.0 Å². The van der Waals surface area contributed by atoms with Crippen LogP contribution in [0.1, 0.15) is 59.9 Å². The summed E-state index contributed by atoms with van der Waals surface area (Å²) >= 11 is 13.8. The molecule has 3 aromatic rings. The van der Waals surface area contributed by atoms with Gasteiger partial charge in [-0.05, 0) is 74.9 Å². The zero-order valence-electron chi connectivity index (χ0n) is 18.4. The maximum absolute atomic E-state index is 14.9. The monoisotopic (exact) mass is 506 g/mol. The van der Waals surface area contributed by atoms with Crippen LogP contribution < -0.4 is 4.72 Å². The molecule has 2 unspecified atom stereocenters. The molecule has 1 aliphatic carbocycles. The number of nitrogens with zero attached hydrogens (tertiary/aromatic N) is 3. The third-order valence-corrected chi connectivity index (χ3v) is 8.07. The van der Waals surface area contributed by atoms with Crippen LogP contribution in [-0.2, 0) is 0 Å². The lowest BCUT2D eigenvalue weighted by molar-refractivity contribution is 0.0980. The summed E-state index contributed by atoms with van der Waals surface area (Å²) in [6, 6.07) is 8.97. The first-order valence-corrected chi connectivity index (χ1v) is 12.8. The molecule has 2 aromatic carbocycles. The van der Waals surface area contributed by atoms with Crippen molar-refractivity contribution in [2.24, 2.45) is 0 Å². The molecular weight excluding hydrogens is 482 g/mol. The second-order valence-electron chi connectivity index (χ2n) is 8.94. The van der Waals surface area contributed by atoms with Crippen molar-refractivity contribution in [2.75, 3.05) is 13.1 Å². The molecule has 2 atom stereocenters. The van der Waals surface area contributed by atoms with E-state index in [1.54, 1.807) is 12.1 Å². The molecule has 1 amide bonds. The quantitative estimate of drug-likeness (QED) is 0.396. The maximum Gasteiger partial charge on any atom is 0.264 e. The lowest BCUT2D eigenvalue weighted by Gasteiger charge is -2.25. The van der Waals surface area contributed by atoms with Crippen molar-refractivity contribution in [1.29, 1.82) is 0 Å². The molecule has 1 saturated carbocycles. The molecule has 1 N–H and O–H groups in total. The molecule has 1 saturated heterocycles. The number of benzene rings is 2. The van der Waals surface area contributed by atoms with E-state index in [1.807, 2.05) is 23.7 Å². The van der Waals surface area contributed by atoms with Gasteiger partial charge in [-0.25, -0.2) is 4.39 Å². The predicted molar refractivity (Wildman–Crippen MR) is 133 cm³/mol. The lowest BCUT2D eigenvalue weighted by atomic mass is 10.1. The fourth-order valence-corrected chi connectivity index (χ4v) is 5.79. The first-order chi connectivity index (χ1) is 15.8. The summed E-state index contributed by atoms with van der Waals surface area (Å²) in [6.45, 7) is 5.71. The van der Waals surface area contributed by atoms with Crippen LogP contribution in [0.25, 0.3) is 10.9 Å². The Morgan fingerprint density at radius 3 is 2.61 bits per heavy atom. The minimum atomic E-state index is -0.519. The standard InChI is InChI=1S/C24H25Cl2FN4OS/c1-13-20-10-21(24(32)29-33-19-3-4-19)22(27)11-23(20)31(28-13)18-5-6-30(12-18)14(2)15-7-16(25)9-17(26)8-15/h7-11,14,18-19H,3-6,12H2,1-2H3,(H,29,32). The third kappa shape index (κ3) is 4.74. The SMILES string of the molecule is Cc1nn(C2CCN(C(C)c3cc(Cl)cc(Cl)c3)C2)c2cc(F)c(C(=O)NSC3CC3)cc12. The normalized spacial score (nSPS) is 19.8. The van der Waals surface area contributed by atoms with Crippen LogP contribution in [0.15, 0.2) is 30.3 Å². The van der Waals surface area contributed by atoms with Crippen molar-refractivity contribution < 1.29 is 9.18 Å². The molecule has 2 fully saturated rings. The molecule has 0 radical (unpaired) electrons. The molecule has 174 valence electrons. The van der Waals surface area contributed by atoms with E-state index in [9.17, 15) is 9.18 Å². The Morgan fingerprint density at radius 2 is 1.91 bits per heavy atom. The van der Waals surface area contributed by atoms with Gasteiger partial charge in [0, 0.05) is 45.9 Å².